The van der Waals surface area contributed by atoms with Crippen LogP contribution in [0.1, 0.15) is 39.0 Å². The molecule has 0 fully saturated rings. The van der Waals surface area contributed by atoms with Gasteiger partial charge in [-0.05, 0) is 39.8 Å². The molecule has 23 heavy (non-hydrogen) atoms. The molecule has 0 N–H and O–H groups in total. The van der Waals surface area contributed by atoms with E-state index in [2.05, 4.69) is 10.1 Å². The zero-order valence-electron chi connectivity index (χ0n) is 13.6. The minimum atomic E-state index is -0.916. The molecule has 2 aromatic rings. The molecule has 0 amide bonds. The quantitative estimate of drug-likeness (QED) is 0.734. The van der Waals surface area contributed by atoms with Crippen molar-refractivity contribution in [3.05, 3.63) is 41.6 Å². The maximum atomic E-state index is 13.9. The molecule has 0 spiro atoms. The molecule has 0 saturated heterocycles. The van der Waals surface area contributed by atoms with Crippen molar-refractivity contribution < 1.29 is 18.7 Å². The maximum Gasteiger partial charge on any atom is 0.293 e. The Hall–Kier alpha value is -2.28. The first-order valence-corrected chi connectivity index (χ1v) is 7.28. The molecule has 0 aromatic carbocycles. The van der Waals surface area contributed by atoms with E-state index in [0.29, 0.717) is 17.7 Å². The molecule has 2 aromatic heterocycles. The molecule has 7 heteroatoms. The first-order chi connectivity index (χ1) is 10.8. The van der Waals surface area contributed by atoms with Gasteiger partial charge in [-0.1, -0.05) is 0 Å². The van der Waals surface area contributed by atoms with Crippen LogP contribution in [-0.2, 0) is 26.5 Å². The van der Waals surface area contributed by atoms with Crippen molar-refractivity contribution >= 4 is 6.47 Å². The number of carbonyl (C=O) groups excluding carboxylic acids is 1. The fraction of sp³-hybridized carbons (Fsp3) is 0.438. The highest BCUT2D eigenvalue weighted by Gasteiger charge is 2.29. The Morgan fingerprint density at radius 2 is 2.17 bits per heavy atom. The molecule has 0 radical (unpaired) electrons. The monoisotopic (exact) mass is 321 g/mol. The number of hydrogen-bond acceptors (Lipinski definition) is 5. The highest BCUT2D eigenvalue weighted by molar-refractivity contribution is 5.41. The molecule has 0 aliphatic carbocycles. The van der Waals surface area contributed by atoms with E-state index in [9.17, 15) is 9.18 Å². The normalized spacial score (nSPS) is 11.7. The van der Waals surface area contributed by atoms with E-state index in [1.165, 1.54) is 23.0 Å². The van der Waals surface area contributed by atoms with E-state index < -0.39 is 11.4 Å². The Bertz CT molecular complexity index is 683. The minimum Gasteiger partial charge on any atom is -0.457 e. The second kappa shape index (κ2) is 6.87. The number of nitrogens with zero attached hydrogens (tertiary/aromatic N) is 3. The Kier molecular flexibility index (Phi) is 5.10. The number of carbonyl (C=O) groups is 1. The van der Waals surface area contributed by atoms with Crippen LogP contribution in [0, 0.1) is 5.82 Å². The van der Waals surface area contributed by atoms with Crippen molar-refractivity contribution in [1.29, 1.82) is 0 Å². The van der Waals surface area contributed by atoms with Gasteiger partial charge in [-0.25, -0.2) is 14.1 Å². The third-order valence-corrected chi connectivity index (χ3v) is 3.29. The van der Waals surface area contributed by atoms with E-state index in [4.69, 9.17) is 9.47 Å². The molecule has 124 valence electrons. The first kappa shape index (κ1) is 17.1. The minimum absolute atomic E-state index is 0.00897. The molecule has 0 bridgehead atoms. The van der Waals surface area contributed by atoms with Crippen LogP contribution in [0.25, 0.3) is 5.82 Å². The molecular formula is C16H20FN3O3. The summed E-state index contributed by atoms with van der Waals surface area (Å²) in [5.74, 6) is -0.418. The summed E-state index contributed by atoms with van der Waals surface area (Å²) in [7, 11) is 0. The number of ether oxygens (including phenoxy) is 2. The smallest absolute Gasteiger partial charge is 0.293 e. The van der Waals surface area contributed by atoms with Gasteiger partial charge in [0.15, 0.2) is 11.6 Å². The van der Waals surface area contributed by atoms with E-state index in [1.54, 1.807) is 20.0 Å². The largest absolute Gasteiger partial charge is 0.457 e. The number of aromatic nitrogens is 3. The summed E-state index contributed by atoms with van der Waals surface area (Å²) >= 11 is 0. The zero-order valence-corrected chi connectivity index (χ0v) is 13.6. The molecule has 0 atom stereocenters. The highest BCUT2D eigenvalue weighted by Crippen LogP contribution is 2.28. The van der Waals surface area contributed by atoms with E-state index in [-0.39, 0.29) is 18.5 Å². The summed E-state index contributed by atoms with van der Waals surface area (Å²) in [4.78, 5) is 14.7. The van der Waals surface area contributed by atoms with Gasteiger partial charge in [0.25, 0.3) is 6.47 Å². The van der Waals surface area contributed by atoms with Gasteiger partial charge in [0.2, 0.25) is 0 Å². The number of rotatable bonds is 7. The Labute approximate surface area is 134 Å². The number of pyridine rings is 1. The van der Waals surface area contributed by atoms with Gasteiger partial charge in [-0.3, -0.25) is 4.79 Å². The van der Waals surface area contributed by atoms with Gasteiger partial charge in [0, 0.05) is 18.0 Å². The first-order valence-electron chi connectivity index (χ1n) is 7.28. The predicted octanol–water partition coefficient (Wildman–Crippen LogP) is 2.74. The fourth-order valence-corrected chi connectivity index (χ4v) is 2.10. The summed E-state index contributed by atoms with van der Waals surface area (Å²) in [5.41, 5.74) is 0.284. The van der Waals surface area contributed by atoms with Gasteiger partial charge in [0.05, 0.1) is 18.4 Å². The summed E-state index contributed by atoms with van der Waals surface area (Å²) in [5, 5.41) is 4.36. The van der Waals surface area contributed by atoms with Crippen LogP contribution in [0.4, 0.5) is 4.39 Å². The molecule has 2 rings (SSSR count). The SMILES string of the molecule is CC(C)OCc1nn(-c2ncccc2F)cc1C(C)(C)OC=O. The van der Waals surface area contributed by atoms with Crippen LogP contribution >= 0.6 is 0 Å². The van der Waals surface area contributed by atoms with Gasteiger partial charge in [0.1, 0.15) is 5.60 Å². The summed E-state index contributed by atoms with van der Waals surface area (Å²) in [6, 6.07) is 2.81. The van der Waals surface area contributed by atoms with Gasteiger partial charge in [-0.15, -0.1) is 0 Å². The number of halogens is 1. The topological polar surface area (TPSA) is 66.2 Å². The second-order valence-corrected chi connectivity index (χ2v) is 5.83. The molecule has 6 nitrogen and oxygen atoms in total. The van der Waals surface area contributed by atoms with Crippen LogP contribution in [0.5, 0.6) is 0 Å². The summed E-state index contributed by atoms with van der Waals surface area (Å²) < 4.78 is 26.0. The van der Waals surface area contributed by atoms with Crippen molar-refractivity contribution in [3.8, 4) is 5.82 Å². The molecule has 0 aliphatic rings. The van der Waals surface area contributed by atoms with E-state index in [0.717, 1.165) is 0 Å². The van der Waals surface area contributed by atoms with Crippen LogP contribution in [0.15, 0.2) is 24.5 Å². The average molecular weight is 321 g/mol. The standard InChI is InChI=1S/C16H20FN3O3/c1-11(2)22-9-14-12(16(3,4)23-10-21)8-20(19-14)15-13(17)6-5-7-18-15/h5-8,10-11H,9H2,1-4H3. The van der Waals surface area contributed by atoms with E-state index >= 15 is 0 Å². The molecular weight excluding hydrogens is 301 g/mol. The Balaban J connectivity index is 2.47. The lowest BCUT2D eigenvalue weighted by Gasteiger charge is -2.22. The molecule has 0 saturated carbocycles. The zero-order chi connectivity index (χ0) is 17.0. The highest BCUT2D eigenvalue weighted by atomic mass is 19.1. The Morgan fingerprint density at radius 1 is 1.43 bits per heavy atom. The predicted molar refractivity (Wildman–Crippen MR) is 81.4 cm³/mol. The van der Waals surface area contributed by atoms with Crippen LogP contribution in [0.3, 0.4) is 0 Å². The van der Waals surface area contributed by atoms with Crippen molar-refractivity contribution in [2.45, 2.75) is 46.0 Å². The second-order valence-electron chi connectivity index (χ2n) is 5.83. The van der Waals surface area contributed by atoms with Gasteiger partial charge >= 0.3 is 0 Å². The maximum absolute atomic E-state index is 13.9. The van der Waals surface area contributed by atoms with Crippen molar-refractivity contribution in [3.63, 3.8) is 0 Å². The van der Waals surface area contributed by atoms with Crippen LogP contribution in [0.2, 0.25) is 0 Å². The lowest BCUT2D eigenvalue weighted by Crippen LogP contribution is -2.22. The number of hydrogen-bond donors (Lipinski definition) is 0. The van der Waals surface area contributed by atoms with Crippen molar-refractivity contribution in [2.75, 3.05) is 0 Å². The van der Waals surface area contributed by atoms with Crippen molar-refractivity contribution in [2.24, 2.45) is 0 Å². The van der Waals surface area contributed by atoms with Crippen LogP contribution < -0.4 is 0 Å². The van der Waals surface area contributed by atoms with Crippen LogP contribution in [-0.4, -0.2) is 27.3 Å². The van der Waals surface area contributed by atoms with Crippen molar-refractivity contribution in [1.82, 2.24) is 14.8 Å². The lowest BCUT2D eigenvalue weighted by atomic mass is 9.99. The Morgan fingerprint density at radius 3 is 2.78 bits per heavy atom. The van der Waals surface area contributed by atoms with E-state index in [1.807, 2.05) is 13.8 Å². The summed E-state index contributed by atoms with van der Waals surface area (Å²) in [6.45, 7) is 7.88. The molecule has 0 unspecified atom stereocenters. The summed E-state index contributed by atoms with van der Waals surface area (Å²) in [6.07, 6.45) is 3.10. The third-order valence-electron chi connectivity index (χ3n) is 3.29. The van der Waals surface area contributed by atoms with Gasteiger partial charge in [-0.2, -0.15) is 5.10 Å². The third kappa shape index (κ3) is 3.92. The molecule has 2 heterocycles. The fourth-order valence-electron chi connectivity index (χ4n) is 2.10. The average Bonchev–Trinajstić information content (AvgIpc) is 2.90. The lowest BCUT2D eigenvalue weighted by molar-refractivity contribution is -0.141. The van der Waals surface area contributed by atoms with Gasteiger partial charge < -0.3 is 9.47 Å². The molecule has 0 aliphatic heterocycles.